The second-order valence-corrected chi connectivity index (χ2v) is 5.62. The van der Waals surface area contributed by atoms with Crippen LogP contribution in [0, 0.1) is 5.41 Å². The lowest BCUT2D eigenvalue weighted by molar-refractivity contribution is -0.127. The molecule has 0 atom stereocenters. The number of anilines is 1. The molecule has 1 saturated heterocycles. The molecule has 3 rings (SSSR count). The van der Waals surface area contributed by atoms with E-state index in [4.69, 9.17) is 0 Å². The van der Waals surface area contributed by atoms with E-state index in [1.54, 1.807) is 0 Å². The van der Waals surface area contributed by atoms with Gasteiger partial charge in [0.2, 0.25) is 5.91 Å². The highest BCUT2D eigenvalue weighted by molar-refractivity contribution is 5.97. The number of hydrogen-bond acceptors (Lipinski definition) is 2. The molecular weight excluding hydrogens is 250 g/mol. The van der Waals surface area contributed by atoms with Crippen LogP contribution in [0.4, 0.5) is 5.69 Å². The van der Waals surface area contributed by atoms with Crippen molar-refractivity contribution < 1.29 is 4.79 Å². The highest BCUT2D eigenvalue weighted by atomic mass is 16.2. The zero-order chi connectivity index (χ0) is 14.0. The molecule has 1 aromatic heterocycles. The van der Waals surface area contributed by atoms with Gasteiger partial charge in [-0.05, 0) is 56.6 Å². The molecule has 4 heteroatoms. The molecule has 4 nitrogen and oxygen atoms in total. The van der Waals surface area contributed by atoms with Crippen molar-refractivity contribution in [3.8, 4) is 0 Å². The number of piperidine rings is 1. The number of carbonyl (C=O) groups is 1. The molecule has 0 bridgehead atoms. The Balaban J connectivity index is 1.80. The van der Waals surface area contributed by atoms with E-state index in [1.807, 2.05) is 30.5 Å². The van der Waals surface area contributed by atoms with Gasteiger partial charge in [0.15, 0.2) is 0 Å². The summed E-state index contributed by atoms with van der Waals surface area (Å²) in [7, 11) is 0. The van der Waals surface area contributed by atoms with Crippen LogP contribution < -0.4 is 10.6 Å². The third kappa shape index (κ3) is 2.31. The van der Waals surface area contributed by atoms with Crippen LogP contribution >= 0.6 is 0 Å². The first kappa shape index (κ1) is 13.2. The van der Waals surface area contributed by atoms with Gasteiger partial charge in [0, 0.05) is 22.8 Å². The molecule has 0 aliphatic carbocycles. The standard InChI is InChI=1S/C16H21N3O/c1-2-16(6-9-17-10-7-16)15(20)19-13-3-4-14-12(11-13)5-8-18-14/h3-5,8,11,17-18H,2,6-7,9-10H2,1H3,(H,19,20). The molecule has 0 radical (unpaired) electrons. The number of fused-ring (bicyclic) bond motifs is 1. The normalized spacial score (nSPS) is 18.1. The average molecular weight is 271 g/mol. The molecular formula is C16H21N3O. The van der Waals surface area contributed by atoms with Crippen LogP contribution in [-0.4, -0.2) is 24.0 Å². The Morgan fingerprint density at radius 3 is 2.85 bits per heavy atom. The average Bonchev–Trinajstić information content (AvgIpc) is 2.95. The van der Waals surface area contributed by atoms with Crippen LogP contribution in [0.15, 0.2) is 30.5 Å². The Labute approximate surface area is 118 Å². The fourth-order valence-corrected chi connectivity index (χ4v) is 3.04. The zero-order valence-corrected chi connectivity index (χ0v) is 11.8. The number of benzene rings is 1. The van der Waals surface area contributed by atoms with Gasteiger partial charge in [-0.2, -0.15) is 0 Å². The Hall–Kier alpha value is -1.81. The minimum Gasteiger partial charge on any atom is -0.361 e. The van der Waals surface area contributed by atoms with E-state index in [1.165, 1.54) is 0 Å². The van der Waals surface area contributed by atoms with E-state index in [9.17, 15) is 4.79 Å². The SMILES string of the molecule is CCC1(C(=O)Nc2ccc3[nH]ccc3c2)CCNCC1. The predicted molar refractivity (Wildman–Crippen MR) is 81.8 cm³/mol. The van der Waals surface area contributed by atoms with E-state index < -0.39 is 0 Å². The largest absolute Gasteiger partial charge is 0.361 e. The molecule has 20 heavy (non-hydrogen) atoms. The summed E-state index contributed by atoms with van der Waals surface area (Å²) in [6.45, 7) is 3.97. The lowest BCUT2D eigenvalue weighted by atomic mass is 9.76. The van der Waals surface area contributed by atoms with Crippen molar-refractivity contribution in [1.29, 1.82) is 0 Å². The second kappa shape index (κ2) is 5.29. The molecule has 1 fully saturated rings. The molecule has 1 amide bonds. The fraction of sp³-hybridized carbons (Fsp3) is 0.438. The summed E-state index contributed by atoms with van der Waals surface area (Å²) in [5, 5.41) is 7.56. The summed E-state index contributed by atoms with van der Waals surface area (Å²) >= 11 is 0. The van der Waals surface area contributed by atoms with Gasteiger partial charge >= 0.3 is 0 Å². The minimum absolute atomic E-state index is 0.163. The molecule has 1 aliphatic heterocycles. The third-order valence-electron chi connectivity index (χ3n) is 4.53. The van der Waals surface area contributed by atoms with Crippen LogP contribution in [0.25, 0.3) is 10.9 Å². The number of aromatic amines is 1. The fourth-order valence-electron chi connectivity index (χ4n) is 3.04. The van der Waals surface area contributed by atoms with Crippen molar-refractivity contribution in [2.75, 3.05) is 18.4 Å². The number of carbonyl (C=O) groups excluding carboxylic acids is 1. The zero-order valence-electron chi connectivity index (χ0n) is 11.8. The highest BCUT2D eigenvalue weighted by Gasteiger charge is 2.37. The van der Waals surface area contributed by atoms with Crippen molar-refractivity contribution in [3.05, 3.63) is 30.5 Å². The molecule has 0 saturated carbocycles. The monoisotopic (exact) mass is 271 g/mol. The number of amides is 1. The van der Waals surface area contributed by atoms with E-state index in [0.29, 0.717) is 0 Å². The van der Waals surface area contributed by atoms with Gasteiger partial charge in [-0.1, -0.05) is 6.92 Å². The first-order chi connectivity index (χ1) is 9.73. The third-order valence-corrected chi connectivity index (χ3v) is 4.53. The summed E-state index contributed by atoms with van der Waals surface area (Å²) in [5.41, 5.74) is 1.77. The first-order valence-corrected chi connectivity index (χ1v) is 7.33. The van der Waals surface area contributed by atoms with Crippen molar-refractivity contribution in [3.63, 3.8) is 0 Å². The summed E-state index contributed by atoms with van der Waals surface area (Å²) < 4.78 is 0. The minimum atomic E-state index is -0.210. The Kier molecular flexibility index (Phi) is 3.49. The number of H-pyrrole nitrogens is 1. The summed E-state index contributed by atoms with van der Waals surface area (Å²) in [5.74, 6) is 0.163. The summed E-state index contributed by atoms with van der Waals surface area (Å²) in [6, 6.07) is 8.01. The topological polar surface area (TPSA) is 56.9 Å². The van der Waals surface area contributed by atoms with Gasteiger partial charge in [0.05, 0.1) is 5.41 Å². The number of aromatic nitrogens is 1. The molecule has 1 aliphatic rings. The van der Waals surface area contributed by atoms with Crippen LogP contribution in [0.5, 0.6) is 0 Å². The van der Waals surface area contributed by atoms with Crippen molar-refractivity contribution in [1.82, 2.24) is 10.3 Å². The molecule has 0 spiro atoms. The lowest BCUT2D eigenvalue weighted by Gasteiger charge is -2.35. The molecule has 0 unspecified atom stereocenters. The highest BCUT2D eigenvalue weighted by Crippen LogP contribution is 2.34. The van der Waals surface area contributed by atoms with Crippen molar-refractivity contribution in [2.45, 2.75) is 26.2 Å². The smallest absolute Gasteiger partial charge is 0.230 e. The number of nitrogens with one attached hydrogen (secondary N) is 3. The van der Waals surface area contributed by atoms with Crippen LogP contribution in [0.2, 0.25) is 0 Å². The first-order valence-electron chi connectivity index (χ1n) is 7.33. The number of rotatable bonds is 3. The van der Waals surface area contributed by atoms with Gasteiger partial charge in [-0.3, -0.25) is 4.79 Å². The van der Waals surface area contributed by atoms with Crippen molar-refractivity contribution in [2.24, 2.45) is 5.41 Å². The van der Waals surface area contributed by atoms with Gasteiger partial charge in [0.1, 0.15) is 0 Å². The molecule has 1 aromatic carbocycles. The second-order valence-electron chi connectivity index (χ2n) is 5.62. The molecule has 2 heterocycles. The maximum atomic E-state index is 12.6. The van der Waals surface area contributed by atoms with Crippen molar-refractivity contribution >= 4 is 22.5 Å². The van der Waals surface area contributed by atoms with Crippen LogP contribution in [0.3, 0.4) is 0 Å². The maximum absolute atomic E-state index is 12.6. The predicted octanol–water partition coefficient (Wildman–Crippen LogP) is 2.89. The quantitative estimate of drug-likeness (QED) is 0.804. The van der Waals surface area contributed by atoms with Gasteiger partial charge in [-0.15, -0.1) is 0 Å². The Bertz CT molecular complexity index is 611. The van der Waals surface area contributed by atoms with Gasteiger partial charge < -0.3 is 15.6 Å². The number of hydrogen-bond donors (Lipinski definition) is 3. The van der Waals surface area contributed by atoms with E-state index in [2.05, 4.69) is 22.5 Å². The Morgan fingerprint density at radius 1 is 1.30 bits per heavy atom. The van der Waals surface area contributed by atoms with E-state index in [-0.39, 0.29) is 11.3 Å². The van der Waals surface area contributed by atoms with Gasteiger partial charge in [-0.25, -0.2) is 0 Å². The molecule has 3 N–H and O–H groups in total. The summed E-state index contributed by atoms with van der Waals surface area (Å²) in [6.07, 6.45) is 4.65. The van der Waals surface area contributed by atoms with Crippen LogP contribution in [-0.2, 0) is 4.79 Å². The molecule has 106 valence electrons. The lowest BCUT2D eigenvalue weighted by Crippen LogP contribution is -2.44. The van der Waals surface area contributed by atoms with Crippen LogP contribution in [0.1, 0.15) is 26.2 Å². The van der Waals surface area contributed by atoms with Gasteiger partial charge in [0.25, 0.3) is 0 Å². The summed E-state index contributed by atoms with van der Waals surface area (Å²) in [4.78, 5) is 15.8. The maximum Gasteiger partial charge on any atom is 0.230 e. The van der Waals surface area contributed by atoms with E-state index >= 15 is 0 Å². The molecule has 2 aromatic rings. The van der Waals surface area contributed by atoms with E-state index in [0.717, 1.165) is 48.9 Å². The Morgan fingerprint density at radius 2 is 2.10 bits per heavy atom.